The van der Waals surface area contributed by atoms with Crippen LogP contribution in [0.2, 0.25) is 0 Å². The summed E-state index contributed by atoms with van der Waals surface area (Å²) < 4.78 is 0. The number of carbonyl (C=O) groups is 1. The van der Waals surface area contributed by atoms with E-state index >= 15 is 0 Å². The summed E-state index contributed by atoms with van der Waals surface area (Å²) in [5.74, 6) is 1.61. The molecule has 5 rings (SSSR count). The first-order chi connectivity index (χ1) is 16.5. The van der Waals surface area contributed by atoms with Crippen molar-refractivity contribution in [2.24, 2.45) is 0 Å². The van der Waals surface area contributed by atoms with Crippen LogP contribution in [0.25, 0.3) is 11.3 Å². The molecule has 3 aromatic rings. The molecule has 9 nitrogen and oxygen atoms in total. The zero-order chi connectivity index (χ0) is 23.7. The van der Waals surface area contributed by atoms with Gasteiger partial charge < -0.3 is 19.8 Å². The number of hydrogen-bond donors (Lipinski definition) is 1. The van der Waals surface area contributed by atoms with Crippen LogP contribution in [0, 0.1) is 6.92 Å². The minimum Gasteiger partial charge on any atom is -0.478 e. The zero-order valence-electron chi connectivity index (χ0n) is 19.6. The lowest BCUT2D eigenvalue weighted by Crippen LogP contribution is -2.47. The van der Waals surface area contributed by atoms with Crippen molar-refractivity contribution in [2.75, 3.05) is 47.4 Å². The van der Waals surface area contributed by atoms with E-state index in [1.165, 1.54) is 6.20 Å². The summed E-state index contributed by atoms with van der Waals surface area (Å²) >= 11 is 0. The van der Waals surface area contributed by atoms with Crippen LogP contribution in [0.15, 0.2) is 42.9 Å². The fourth-order valence-corrected chi connectivity index (χ4v) is 4.78. The Balaban J connectivity index is 1.39. The Morgan fingerprint density at radius 2 is 1.76 bits per heavy atom. The van der Waals surface area contributed by atoms with Crippen LogP contribution in [0.3, 0.4) is 0 Å². The summed E-state index contributed by atoms with van der Waals surface area (Å²) in [6.45, 7) is 8.28. The Morgan fingerprint density at radius 3 is 2.41 bits per heavy atom. The third-order valence-corrected chi connectivity index (χ3v) is 6.69. The fourth-order valence-electron chi connectivity index (χ4n) is 4.78. The lowest BCUT2D eigenvalue weighted by Gasteiger charge is -2.37. The standard InChI is InChI=1S/C25H29N7O2/c1-17-14-20(24(33)34)16-27-23(17)31-12-10-30(11-13-31)22-15-21(19-5-7-26-8-6-19)28-25(29-22)32-9-3-4-18(32)2/h5-8,14-16,18H,3-4,9-13H2,1-2H3,(H,33,34). The molecule has 0 aliphatic carbocycles. The number of pyridine rings is 2. The van der Waals surface area contributed by atoms with Crippen molar-refractivity contribution in [1.82, 2.24) is 19.9 Å². The molecular weight excluding hydrogens is 430 g/mol. The zero-order valence-corrected chi connectivity index (χ0v) is 19.6. The smallest absolute Gasteiger partial charge is 0.337 e. The summed E-state index contributed by atoms with van der Waals surface area (Å²) in [4.78, 5) is 36.5. The average Bonchev–Trinajstić information content (AvgIpc) is 3.30. The van der Waals surface area contributed by atoms with Crippen molar-refractivity contribution in [2.45, 2.75) is 32.7 Å². The summed E-state index contributed by atoms with van der Waals surface area (Å²) in [5, 5.41) is 9.21. The molecule has 3 aromatic heterocycles. The van der Waals surface area contributed by atoms with Crippen molar-refractivity contribution >= 4 is 23.6 Å². The molecule has 5 heterocycles. The van der Waals surface area contributed by atoms with E-state index in [1.54, 1.807) is 18.5 Å². The maximum absolute atomic E-state index is 11.2. The second kappa shape index (κ2) is 9.24. The molecule has 1 N–H and O–H groups in total. The molecule has 9 heteroatoms. The monoisotopic (exact) mass is 459 g/mol. The van der Waals surface area contributed by atoms with Crippen LogP contribution < -0.4 is 14.7 Å². The molecule has 2 aliphatic heterocycles. The number of hydrogen-bond acceptors (Lipinski definition) is 8. The SMILES string of the molecule is Cc1cc(C(=O)O)cnc1N1CCN(c2cc(-c3ccncc3)nc(N3CCCC3C)n2)CC1. The van der Waals surface area contributed by atoms with E-state index in [0.717, 1.165) is 80.0 Å². The van der Waals surface area contributed by atoms with Crippen molar-refractivity contribution in [1.29, 1.82) is 0 Å². The highest BCUT2D eigenvalue weighted by molar-refractivity contribution is 5.87. The third-order valence-electron chi connectivity index (χ3n) is 6.69. The maximum atomic E-state index is 11.2. The first kappa shape index (κ1) is 22.1. The van der Waals surface area contributed by atoms with Gasteiger partial charge in [0.25, 0.3) is 0 Å². The van der Waals surface area contributed by atoms with Gasteiger partial charge in [0.2, 0.25) is 5.95 Å². The van der Waals surface area contributed by atoms with Gasteiger partial charge in [-0.2, -0.15) is 4.98 Å². The molecule has 0 amide bonds. The van der Waals surface area contributed by atoms with Crippen LogP contribution in [-0.4, -0.2) is 69.8 Å². The number of aromatic carboxylic acids is 1. The number of aryl methyl sites for hydroxylation is 1. The molecule has 34 heavy (non-hydrogen) atoms. The number of nitrogens with zero attached hydrogens (tertiary/aromatic N) is 7. The van der Waals surface area contributed by atoms with Gasteiger partial charge in [-0.15, -0.1) is 0 Å². The number of aromatic nitrogens is 4. The van der Waals surface area contributed by atoms with Gasteiger partial charge in [0.05, 0.1) is 11.3 Å². The van der Waals surface area contributed by atoms with Crippen LogP contribution in [0.1, 0.15) is 35.7 Å². The minimum absolute atomic E-state index is 0.216. The van der Waals surface area contributed by atoms with Gasteiger partial charge in [-0.1, -0.05) is 0 Å². The normalized spacial score (nSPS) is 18.4. The molecular formula is C25H29N7O2. The van der Waals surface area contributed by atoms with Gasteiger partial charge in [0, 0.05) is 69.0 Å². The quantitative estimate of drug-likeness (QED) is 0.616. The highest BCUT2D eigenvalue weighted by atomic mass is 16.4. The third kappa shape index (κ3) is 4.37. The molecule has 0 spiro atoms. The molecule has 0 bridgehead atoms. The summed E-state index contributed by atoms with van der Waals surface area (Å²) in [7, 11) is 0. The lowest BCUT2D eigenvalue weighted by molar-refractivity contribution is 0.0696. The average molecular weight is 460 g/mol. The van der Waals surface area contributed by atoms with E-state index in [2.05, 4.69) is 37.7 Å². The molecule has 2 saturated heterocycles. The number of carboxylic acid groups (broad SMARTS) is 1. The van der Waals surface area contributed by atoms with E-state index in [0.29, 0.717) is 6.04 Å². The van der Waals surface area contributed by atoms with Crippen molar-refractivity contribution < 1.29 is 9.90 Å². The summed E-state index contributed by atoms with van der Waals surface area (Å²) in [5.41, 5.74) is 3.03. The maximum Gasteiger partial charge on any atom is 0.337 e. The Bertz CT molecular complexity index is 1180. The van der Waals surface area contributed by atoms with E-state index in [-0.39, 0.29) is 5.56 Å². The first-order valence-corrected chi connectivity index (χ1v) is 11.8. The Hall–Kier alpha value is -3.75. The van der Waals surface area contributed by atoms with Gasteiger partial charge in [-0.05, 0) is 50.5 Å². The summed E-state index contributed by atoms with van der Waals surface area (Å²) in [6, 6.07) is 8.15. The Labute approximate surface area is 199 Å². The van der Waals surface area contributed by atoms with Crippen LogP contribution in [-0.2, 0) is 0 Å². The number of carboxylic acids is 1. The molecule has 176 valence electrons. The van der Waals surface area contributed by atoms with Crippen LogP contribution in [0.4, 0.5) is 17.6 Å². The Morgan fingerprint density at radius 1 is 1.03 bits per heavy atom. The van der Waals surface area contributed by atoms with E-state index < -0.39 is 5.97 Å². The highest BCUT2D eigenvalue weighted by Gasteiger charge is 2.26. The van der Waals surface area contributed by atoms with E-state index in [4.69, 9.17) is 9.97 Å². The number of piperazine rings is 1. The molecule has 0 radical (unpaired) electrons. The number of rotatable bonds is 5. The molecule has 1 atom stereocenters. The van der Waals surface area contributed by atoms with Crippen LogP contribution in [0.5, 0.6) is 0 Å². The fraction of sp³-hybridized carbons (Fsp3) is 0.400. The topological polar surface area (TPSA) is 98.6 Å². The first-order valence-electron chi connectivity index (χ1n) is 11.8. The van der Waals surface area contributed by atoms with Crippen molar-refractivity contribution in [3.05, 3.63) is 54.0 Å². The largest absolute Gasteiger partial charge is 0.478 e. The number of anilines is 3. The lowest BCUT2D eigenvalue weighted by atomic mass is 10.1. The van der Waals surface area contributed by atoms with Gasteiger partial charge in [0.1, 0.15) is 11.6 Å². The van der Waals surface area contributed by atoms with Crippen molar-refractivity contribution in [3.8, 4) is 11.3 Å². The second-order valence-corrected chi connectivity index (χ2v) is 8.98. The molecule has 0 saturated carbocycles. The van der Waals surface area contributed by atoms with E-state index in [1.807, 2.05) is 19.1 Å². The van der Waals surface area contributed by atoms with Crippen molar-refractivity contribution in [3.63, 3.8) is 0 Å². The van der Waals surface area contributed by atoms with Gasteiger partial charge in [-0.25, -0.2) is 14.8 Å². The minimum atomic E-state index is -0.955. The van der Waals surface area contributed by atoms with Crippen LogP contribution >= 0.6 is 0 Å². The molecule has 2 aliphatic rings. The van der Waals surface area contributed by atoms with E-state index in [9.17, 15) is 9.90 Å². The molecule has 2 fully saturated rings. The van der Waals surface area contributed by atoms with Gasteiger partial charge in [0.15, 0.2) is 0 Å². The van der Waals surface area contributed by atoms with Gasteiger partial charge in [-0.3, -0.25) is 4.98 Å². The Kier molecular flexibility index (Phi) is 6.00. The molecule has 0 aromatic carbocycles. The predicted molar refractivity (Wildman–Crippen MR) is 132 cm³/mol. The molecule has 1 unspecified atom stereocenters. The summed E-state index contributed by atoms with van der Waals surface area (Å²) in [6.07, 6.45) is 7.33. The van der Waals surface area contributed by atoms with Gasteiger partial charge >= 0.3 is 5.97 Å². The highest BCUT2D eigenvalue weighted by Crippen LogP contribution is 2.29. The predicted octanol–water partition coefficient (Wildman–Crippen LogP) is 3.26. The second-order valence-electron chi connectivity index (χ2n) is 8.98.